The number of hydrogen-bond acceptors (Lipinski definition) is 8. The van der Waals surface area contributed by atoms with Crippen LogP contribution in [0.15, 0.2) is 48.7 Å². The first-order valence-electron chi connectivity index (χ1n) is 13.6. The van der Waals surface area contributed by atoms with Gasteiger partial charge in [0, 0.05) is 56.1 Å². The number of hydrogen-bond donors (Lipinski definition) is 0. The summed E-state index contributed by atoms with van der Waals surface area (Å²) in [4.78, 5) is 28.6. The molecule has 0 spiro atoms. The Hall–Kier alpha value is -4.23. The first kappa shape index (κ1) is 28.3. The minimum Gasteiger partial charge on any atom is -0.444 e. The van der Waals surface area contributed by atoms with Crippen molar-refractivity contribution in [1.82, 2.24) is 14.9 Å². The first-order valence-corrected chi connectivity index (χ1v) is 14.4. The Morgan fingerprint density at radius 1 is 1.15 bits per heavy atom. The molecule has 4 aromatic rings. The standard InChI is InChI=1S/C31H33FN6O2S/c1-6-20-19-34-25-12-11-23(37-13-15-38(16-14-37)30(39)40-31(2,3)4)17-24(25)28(20)36(5)29-35-27(26(18-33)41-29)21-7-9-22(32)10-8-21/h7-12,17,19H,6,13-16H2,1-5H3. The normalized spacial score (nSPS) is 13.8. The molecule has 1 amide bonds. The highest BCUT2D eigenvalue weighted by Gasteiger charge is 2.27. The molecule has 3 heterocycles. The fourth-order valence-corrected chi connectivity index (χ4v) is 5.81. The zero-order valence-corrected chi connectivity index (χ0v) is 24.8. The number of ether oxygens (including phenoxy) is 1. The summed E-state index contributed by atoms with van der Waals surface area (Å²) in [5.74, 6) is -0.335. The van der Waals surface area contributed by atoms with Gasteiger partial charge in [-0.2, -0.15) is 5.26 Å². The van der Waals surface area contributed by atoms with E-state index in [9.17, 15) is 14.4 Å². The van der Waals surface area contributed by atoms with Crippen molar-refractivity contribution in [3.8, 4) is 17.3 Å². The molecule has 0 aliphatic carbocycles. The Morgan fingerprint density at radius 2 is 1.85 bits per heavy atom. The Bertz CT molecular complexity index is 1610. The lowest BCUT2D eigenvalue weighted by Gasteiger charge is -2.37. The summed E-state index contributed by atoms with van der Waals surface area (Å²) in [6, 6.07) is 14.5. The van der Waals surface area contributed by atoms with E-state index in [1.54, 1.807) is 17.0 Å². The average Bonchev–Trinajstić information content (AvgIpc) is 3.40. The Kier molecular flexibility index (Phi) is 7.82. The molecular weight excluding hydrogens is 539 g/mol. The van der Waals surface area contributed by atoms with Crippen LogP contribution in [0, 0.1) is 17.1 Å². The highest BCUT2D eigenvalue weighted by molar-refractivity contribution is 7.16. The van der Waals surface area contributed by atoms with Crippen LogP contribution >= 0.6 is 11.3 Å². The molecule has 0 N–H and O–H groups in total. The lowest BCUT2D eigenvalue weighted by Crippen LogP contribution is -2.50. The van der Waals surface area contributed by atoms with Gasteiger partial charge in [0.1, 0.15) is 28.1 Å². The van der Waals surface area contributed by atoms with Gasteiger partial charge in [0.2, 0.25) is 0 Å². The van der Waals surface area contributed by atoms with Crippen LogP contribution in [0.5, 0.6) is 0 Å². The predicted octanol–water partition coefficient (Wildman–Crippen LogP) is 6.76. The van der Waals surface area contributed by atoms with E-state index in [0.29, 0.717) is 47.4 Å². The summed E-state index contributed by atoms with van der Waals surface area (Å²) >= 11 is 1.31. The van der Waals surface area contributed by atoms with E-state index in [2.05, 4.69) is 30.0 Å². The molecule has 41 heavy (non-hydrogen) atoms. The van der Waals surface area contributed by atoms with Gasteiger partial charge in [0.25, 0.3) is 0 Å². The molecule has 212 valence electrons. The molecule has 8 nitrogen and oxygen atoms in total. The number of fused-ring (bicyclic) bond motifs is 1. The number of nitriles is 1. The number of halogens is 1. The number of carbonyl (C=O) groups excluding carboxylic acids is 1. The smallest absolute Gasteiger partial charge is 0.410 e. The van der Waals surface area contributed by atoms with Crippen molar-refractivity contribution in [1.29, 1.82) is 5.26 Å². The SMILES string of the molecule is CCc1cnc2ccc(N3CCN(C(=O)OC(C)(C)C)CC3)cc2c1N(C)c1nc(-c2ccc(F)cc2)c(C#N)s1. The quantitative estimate of drug-likeness (QED) is 0.261. The third-order valence-electron chi connectivity index (χ3n) is 7.03. The first-order chi connectivity index (χ1) is 19.6. The van der Waals surface area contributed by atoms with Gasteiger partial charge in [0.05, 0.1) is 11.2 Å². The molecule has 10 heteroatoms. The second-order valence-corrected chi connectivity index (χ2v) is 12.0. The summed E-state index contributed by atoms with van der Waals surface area (Å²) in [5.41, 5.74) is 4.66. The monoisotopic (exact) mass is 572 g/mol. The van der Waals surface area contributed by atoms with Crippen LogP contribution in [0.3, 0.4) is 0 Å². The highest BCUT2D eigenvalue weighted by atomic mass is 32.1. The van der Waals surface area contributed by atoms with Crippen LogP contribution in [0.2, 0.25) is 0 Å². The number of rotatable bonds is 5. The number of piperazine rings is 1. The van der Waals surface area contributed by atoms with E-state index in [1.807, 2.05) is 45.0 Å². The lowest BCUT2D eigenvalue weighted by atomic mass is 10.1. The third-order valence-corrected chi connectivity index (χ3v) is 8.07. The molecule has 0 bridgehead atoms. The predicted molar refractivity (Wildman–Crippen MR) is 161 cm³/mol. The zero-order chi connectivity index (χ0) is 29.3. The Labute approximate surface area is 243 Å². The van der Waals surface area contributed by atoms with Crippen LogP contribution in [0.1, 0.15) is 38.1 Å². The number of pyridine rings is 1. The van der Waals surface area contributed by atoms with Gasteiger partial charge in [-0.15, -0.1) is 0 Å². The van der Waals surface area contributed by atoms with Gasteiger partial charge in [-0.3, -0.25) is 4.98 Å². The second-order valence-electron chi connectivity index (χ2n) is 11.0. The average molecular weight is 573 g/mol. The molecule has 0 atom stereocenters. The molecule has 0 unspecified atom stereocenters. The number of amides is 1. The Balaban J connectivity index is 1.47. The molecule has 0 saturated carbocycles. The number of anilines is 3. The number of nitrogens with zero attached hydrogens (tertiary/aromatic N) is 6. The molecule has 1 aliphatic rings. The summed E-state index contributed by atoms with van der Waals surface area (Å²) in [6.07, 6.45) is 2.38. The number of carbonyl (C=O) groups is 1. The van der Waals surface area contributed by atoms with Gasteiger partial charge in [-0.05, 0) is 75.2 Å². The van der Waals surface area contributed by atoms with Gasteiger partial charge in [-0.25, -0.2) is 14.2 Å². The van der Waals surface area contributed by atoms with Crippen LogP contribution in [-0.4, -0.2) is 59.8 Å². The van der Waals surface area contributed by atoms with Crippen molar-refractivity contribution in [2.75, 3.05) is 43.0 Å². The Morgan fingerprint density at radius 3 is 2.49 bits per heavy atom. The second kappa shape index (κ2) is 11.3. The van der Waals surface area contributed by atoms with Crippen LogP contribution in [0.4, 0.5) is 25.7 Å². The van der Waals surface area contributed by atoms with Crippen LogP contribution in [-0.2, 0) is 11.2 Å². The van der Waals surface area contributed by atoms with Gasteiger partial charge >= 0.3 is 6.09 Å². The molecule has 1 fully saturated rings. The molecule has 5 rings (SSSR count). The molecule has 2 aromatic heterocycles. The fraction of sp³-hybridized carbons (Fsp3) is 0.355. The van der Waals surface area contributed by atoms with Gasteiger partial charge < -0.3 is 19.4 Å². The summed E-state index contributed by atoms with van der Waals surface area (Å²) in [5, 5.41) is 11.5. The molecule has 1 saturated heterocycles. The zero-order valence-electron chi connectivity index (χ0n) is 23.9. The van der Waals surface area contributed by atoms with Crippen LogP contribution < -0.4 is 9.80 Å². The fourth-order valence-electron chi connectivity index (χ4n) is 4.96. The number of benzene rings is 2. The van der Waals surface area contributed by atoms with Crippen molar-refractivity contribution in [3.05, 3.63) is 64.9 Å². The minimum absolute atomic E-state index is 0.281. The van der Waals surface area contributed by atoms with Crippen molar-refractivity contribution in [2.45, 2.75) is 39.7 Å². The van der Waals surface area contributed by atoms with Crippen molar-refractivity contribution < 1.29 is 13.9 Å². The third kappa shape index (κ3) is 5.95. The van der Waals surface area contributed by atoms with E-state index in [0.717, 1.165) is 34.3 Å². The maximum atomic E-state index is 13.5. The summed E-state index contributed by atoms with van der Waals surface area (Å²) in [6.45, 7) is 10.3. The molecule has 2 aromatic carbocycles. The maximum Gasteiger partial charge on any atom is 0.410 e. The topological polar surface area (TPSA) is 85.6 Å². The van der Waals surface area contributed by atoms with E-state index in [1.165, 1.54) is 23.5 Å². The van der Waals surface area contributed by atoms with Gasteiger partial charge in [-0.1, -0.05) is 18.3 Å². The largest absolute Gasteiger partial charge is 0.444 e. The van der Waals surface area contributed by atoms with E-state index < -0.39 is 5.60 Å². The number of aryl methyl sites for hydroxylation is 1. The molecule has 1 aliphatic heterocycles. The maximum absolute atomic E-state index is 13.5. The van der Waals surface area contributed by atoms with E-state index >= 15 is 0 Å². The summed E-state index contributed by atoms with van der Waals surface area (Å²) < 4.78 is 19.1. The van der Waals surface area contributed by atoms with E-state index in [-0.39, 0.29) is 11.9 Å². The van der Waals surface area contributed by atoms with Crippen molar-refractivity contribution >= 4 is 44.8 Å². The van der Waals surface area contributed by atoms with Crippen molar-refractivity contribution in [3.63, 3.8) is 0 Å². The molecular formula is C31H33FN6O2S. The number of thiazole rings is 1. The van der Waals surface area contributed by atoms with Crippen LogP contribution in [0.25, 0.3) is 22.2 Å². The minimum atomic E-state index is -0.524. The number of aromatic nitrogens is 2. The lowest BCUT2D eigenvalue weighted by molar-refractivity contribution is 0.0240. The summed E-state index contributed by atoms with van der Waals surface area (Å²) in [7, 11) is 1.95. The highest BCUT2D eigenvalue weighted by Crippen LogP contribution is 2.40. The van der Waals surface area contributed by atoms with Crippen molar-refractivity contribution in [2.24, 2.45) is 0 Å². The van der Waals surface area contributed by atoms with E-state index in [4.69, 9.17) is 14.7 Å². The van der Waals surface area contributed by atoms with Gasteiger partial charge in [0.15, 0.2) is 5.13 Å². The molecule has 0 radical (unpaired) electrons.